The Morgan fingerprint density at radius 2 is 1.88 bits per heavy atom. The maximum atomic E-state index is 11.7. The molecule has 3 rings (SSSR count). The van der Waals surface area contributed by atoms with E-state index < -0.39 is 11.9 Å². The summed E-state index contributed by atoms with van der Waals surface area (Å²) in [6.45, 7) is -0.153. The lowest BCUT2D eigenvalue weighted by molar-refractivity contribution is -0.142. The molecule has 1 heterocycles. The molecule has 1 N–H and O–H groups in total. The molecular weight excluding hydrogens is 310 g/mol. The van der Waals surface area contributed by atoms with E-state index in [-0.39, 0.29) is 13.4 Å². The van der Waals surface area contributed by atoms with Crippen LogP contribution in [-0.2, 0) is 14.3 Å². The van der Waals surface area contributed by atoms with Gasteiger partial charge in [-0.1, -0.05) is 24.3 Å². The van der Waals surface area contributed by atoms with Crippen LogP contribution in [-0.4, -0.2) is 25.3 Å². The van der Waals surface area contributed by atoms with Gasteiger partial charge >= 0.3 is 5.97 Å². The second-order valence-electron chi connectivity index (χ2n) is 4.97. The molecule has 0 aliphatic carbocycles. The highest BCUT2D eigenvalue weighted by Gasteiger charge is 2.12. The number of carbonyl (C=O) groups is 2. The van der Waals surface area contributed by atoms with Gasteiger partial charge in [-0.3, -0.25) is 4.79 Å². The minimum atomic E-state index is -0.601. The molecule has 0 fully saturated rings. The fraction of sp³-hybridized carbons (Fsp3) is 0.111. The van der Waals surface area contributed by atoms with Crippen LogP contribution in [0, 0.1) is 0 Å². The predicted molar refractivity (Wildman–Crippen MR) is 87.6 cm³/mol. The van der Waals surface area contributed by atoms with E-state index in [9.17, 15) is 9.59 Å². The van der Waals surface area contributed by atoms with Crippen LogP contribution in [0.15, 0.2) is 54.6 Å². The Kier molecular flexibility index (Phi) is 4.76. The minimum absolute atomic E-state index is 0.196. The monoisotopic (exact) mass is 325 g/mol. The lowest BCUT2D eigenvalue weighted by atomic mass is 10.2. The molecule has 24 heavy (non-hydrogen) atoms. The van der Waals surface area contributed by atoms with Crippen LogP contribution in [0.2, 0.25) is 0 Å². The molecule has 0 bridgehead atoms. The van der Waals surface area contributed by atoms with Gasteiger partial charge in [0.25, 0.3) is 5.91 Å². The van der Waals surface area contributed by atoms with Gasteiger partial charge in [-0.05, 0) is 35.9 Å². The van der Waals surface area contributed by atoms with E-state index >= 15 is 0 Å². The molecule has 1 amide bonds. The van der Waals surface area contributed by atoms with Crippen molar-refractivity contribution >= 4 is 23.6 Å². The number of rotatable bonds is 5. The van der Waals surface area contributed by atoms with E-state index in [0.717, 1.165) is 5.56 Å². The first-order valence-electron chi connectivity index (χ1n) is 7.30. The van der Waals surface area contributed by atoms with E-state index in [2.05, 4.69) is 5.32 Å². The van der Waals surface area contributed by atoms with Crippen molar-refractivity contribution in [2.24, 2.45) is 0 Å². The Hall–Kier alpha value is -3.28. The molecule has 1 aliphatic rings. The lowest BCUT2D eigenvalue weighted by Gasteiger charge is -2.04. The number of nitrogens with one attached hydrogen (secondary N) is 1. The molecule has 122 valence electrons. The second-order valence-corrected chi connectivity index (χ2v) is 4.97. The zero-order valence-electron chi connectivity index (χ0n) is 12.7. The molecule has 6 nitrogen and oxygen atoms in total. The van der Waals surface area contributed by atoms with Gasteiger partial charge in [0.1, 0.15) is 0 Å². The van der Waals surface area contributed by atoms with E-state index in [4.69, 9.17) is 14.2 Å². The summed E-state index contributed by atoms with van der Waals surface area (Å²) in [5.41, 5.74) is 1.42. The van der Waals surface area contributed by atoms with Crippen LogP contribution in [0.5, 0.6) is 11.5 Å². The zero-order valence-corrected chi connectivity index (χ0v) is 12.7. The van der Waals surface area contributed by atoms with E-state index in [1.807, 2.05) is 6.07 Å². The van der Waals surface area contributed by atoms with Gasteiger partial charge in [0.15, 0.2) is 18.1 Å². The maximum Gasteiger partial charge on any atom is 0.331 e. The van der Waals surface area contributed by atoms with Crippen LogP contribution in [0.3, 0.4) is 0 Å². The topological polar surface area (TPSA) is 73.9 Å². The molecular formula is C18H15NO5. The number of para-hydroxylation sites is 1. The third-order valence-corrected chi connectivity index (χ3v) is 3.21. The molecule has 2 aromatic carbocycles. The van der Waals surface area contributed by atoms with E-state index in [0.29, 0.717) is 17.2 Å². The van der Waals surface area contributed by atoms with Crippen molar-refractivity contribution in [2.75, 3.05) is 18.7 Å². The first-order chi connectivity index (χ1) is 11.7. The number of fused-ring (bicyclic) bond motifs is 1. The summed E-state index contributed by atoms with van der Waals surface area (Å²) in [6.07, 6.45) is 2.84. The summed E-state index contributed by atoms with van der Waals surface area (Å²) >= 11 is 0. The first-order valence-corrected chi connectivity index (χ1v) is 7.30. The molecule has 0 aromatic heterocycles. The highest BCUT2D eigenvalue weighted by atomic mass is 16.7. The number of hydrogen-bond acceptors (Lipinski definition) is 5. The molecule has 6 heteroatoms. The van der Waals surface area contributed by atoms with Crippen molar-refractivity contribution in [3.8, 4) is 11.5 Å². The van der Waals surface area contributed by atoms with E-state index in [1.165, 1.54) is 6.08 Å². The maximum absolute atomic E-state index is 11.7. The third kappa shape index (κ3) is 4.13. The van der Waals surface area contributed by atoms with Crippen LogP contribution >= 0.6 is 0 Å². The van der Waals surface area contributed by atoms with Crippen molar-refractivity contribution in [2.45, 2.75) is 0 Å². The zero-order chi connectivity index (χ0) is 16.8. The number of ether oxygens (including phenoxy) is 3. The second kappa shape index (κ2) is 7.32. The summed E-state index contributed by atoms with van der Waals surface area (Å²) < 4.78 is 15.4. The number of amides is 1. The van der Waals surface area contributed by atoms with Crippen LogP contribution in [0.4, 0.5) is 5.69 Å². The summed E-state index contributed by atoms with van der Waals surface area (Å²) in [5, 5.41) is 2.63. The molecule has 0 unspecified atom stereocenters. The van der Waals surface area contributed by atoms with Gasteiger partial charge in [-0.25, -0.2) is 4.79 Å². The van der Waals surface area contributed by atoms with Gasteiger partial charge in [-0.2, -0.15) is 0 Å². The number of carbonyl (C=O) groups excluding carboxylic acids is 2. The number of benzene rings is 2. The SMILES string of the molecule is O=C(COC(=O)/C=C/c1ccc2c(c1)OCO2)Nc1ccccc1. The Morgan fingerprint density at radius 1 is 1.08 bits per heavy atom. The molecule has 1 aliphatic heterocycles. The number of anilines is 1. The summed E-state index contributed by atoms with van der Waals surface area (Å²) in [7, 11) is 0. The van der Waals surface area contributed by atoms with Crippen molar-refractivity contribution < 1.29 is 23.8 Å². The minimum Gasteiger partial charge on any atom is -0.454 e. The molecule has 0 atom stereocenters. The molecule has 2 aromatic rings. The summed E-state index contributed by atoms with van der Waals surface area (Å²) in [6, 6.07) is 14.3. The van der Waals surface area contributed by atoms with Crippen molar-refractivity contribution in [1.82, 2.24) is 0 Å². The number of esters is 1. The quantitative estimate of drug-likeness (QED) is 0.676. The van der Waals surface area contributed by atoms with Crippen molar-refractivity contribution in [3.63, 3.8) is 0 Å². The average molecular weight is 325 g/mol. The highest BCUT2D eigenvalue weighted by molar-refractivity contribution is 5.94. The normalized spacial score (nSPS) is 12.2. The fourth-order valence-corrected chi connectivity index (χ4v) is 2.08. The average Bonchev–Trinajstić information content (AvgIpc) is 3.07. The van der Waals surface area contributed by atoms with Crippen LogP contribution in [0.1, 0.15) is 5.56 Å². The lowest BCUT2D eigenvalue weighted by Crippen LogP contribution is -2.20. The summed E-state index contributed by atoms with van der Waals surface area (Å²) in [4.78, 5) is 23.3. The van der Waals surface area contributed by atoms with Crippen molar-refractivity contribution in [3.05, 3.63) is 60.2 Å². The third-order valence-electron chi connectivity index (χ3n) is 3.21. The van der Waals surface area contributed by atoms with E-state index in [1.54, 1.807) is 48.5 Å². The van der Waals surface area contributed by atoms with Gasteiger partial charge < -0.3 is 19.5 Å². The predicted octanol–water partition coefficient (Wildman–Crippen LogP) is 2.61. The Bertz CT molecular complexity index is 770. The number of hydrogen-bond donors (Lipinski definition) is 1. The Balaban J connectivity index is 1.48. The molecule has 0 radical (unpaired) electrons. The van der Waals surface area contributed by atoms with Crippen molar-refractivity contribution in [1.29, 1.82) is 0 Å². The Labute approximate surface area is 138 Å². The standard InChI is InChI=1S/C18H15NO5/c20-17(19-14-4-2-1-3-5-14)11-22-18(21)9-7-13-6-8-15-16(10-13)24-12-23-15/h1-10H,11-12H2,(H,19,20)/b9-7+. The molecule has 0 saturated heterocycles. The van der Waals surface area contributed by atoms with Gasteiger partial charge in [0, 0.05) is 11.8 Å². The molecule has 0 saturated carbocycles. The fourth-order valence-electron chi connectivity index (χ4n) is 2.08. The largest absolute Gasteiger partial charge is 0.454 e. The van der Waals surface area contributed by atoms with Crippen LogP contribution in [0.25, 0.3) is 6.08 Å². The Morgan fingerprint density at radius 3 is 2.71 bits per heavy atom. The first kappa shape index (κ1) is 15.6. The van der Waals surface area contributed by atoms with Gasteiger partial charge in [0.2, 0.25) is 6.79 Å². The highest BCUT2D eigenvalue weighted by Crippen LogP contribution is 2.32. The smallest absolute Gasteiger partial charge is 0.331 e. The summed E-state index contributed by atoms with van der Waals surface area (Å²) in [5.74, 6) is 0.307. The van der Waals surface area contributed by atoms with Crippen LogP contribution < -0.4 is 14.8 Å². The van der Waals surface area contributed by atoms with Gasteiger partial charge in [0.05, 0.1) is 0 Å². The molecule has 0 spiro atoms. The van der Waals surface area contributed by atoms with Gasteiger partial charge in [-0.15, -0.1) is 0 Å².